The number of thioether (sulfide) groups is 1. The van der Waals surface area contributed by atoms with E-state index in [0.29, 0.717) is 17.1 Å². The van der Waals surface area contributed by atoms with Crippen molar-refractivity contribution >= 4 is 27.5 Å². The van der Waals surface area contributed by atoms with Gasteiger partial charge in [-0.05, 0) is 31.0 Å². The van der Waals surface area contributed by atoms with Crippen LogP contribution in [0.1, 0.15) is 19.4 Å². The Morgan fingerprint density at radius 3 is 2.79 bits per heavy atom. The standard InChI is InChI=1S/C13H20N2O2S2/c1-3-11-4-5-12(8-13(11)14)19(16,17)15-6-7-18-9-10(15)2/h4-5,8,10H,3,6-7,9,14H2,1-2H3. The van der Waals surface area contributed by atoms with Crippen molar-refractivity contribution in [3.63, 3.8) is 0 Å². The first kappa shape index (κ1) is 14.7. The van der Waals surface area contributed by atoms with E-state index >= 15 is 0 Å². The van der Waals surface area contributed by atoms with Gasteiger partial charge in [-0.15, -0.1) is 0 Å². The summed E-state index contributed by atoms with van der Waals surface area (Å²) in [5.41, 5.74) is 7.45. The number of sulfonamides is 1. The highest BCUT2D eigenvalue weighted by molar-refractivity contribution is 7.99. The first-order chi connectivity index (χ1) is 8.96. The molecule has 1 saturated heterocycles. The lowest BCUT2D eigenvalue weighted by molar-refractivity contribution is 0.367. The number of nitrogens with zero attached hydrogens (tertiary/aromatic N) is 1. The van der Waals surface area contributed by atoms with Crippen molar-refractivity contribution in [3.8, 4) is 0 Å². The average molecular weight is 300 g/mol. The molecular weight excluding hydrogens is 280 g/mol. The van der Waals surface area contributed by atoms with Gasteiger partial charge in [0.05, 0.1) is 4.90 Å². The summed E-state index contributed by atoms with van der Waals surface area (Å²) in [6.45, 7) is 4.53. The Kier molecular flexibility index (Phi) is 4.43. The van der Waals surface area contributed by atoms with Crippen LogP contribution in [-0.4, -0.2) is 36.8 Å². The van der Waals surface area contributed by atoms with Crippen molar-refractivity contribution in [2.75, 3.05) is 23.8 Å². The molecule has 6 heteroatoms. The summed E-state index contributed by atoms with van der Waals surface area (Å²) in [7, 11) is -3.42. The van der Waals surface area contributed by atoms with Crippen LogP contribution in [-0.2, 0) is 16.4 Å². The van der Waals surface area contributed by atoms with Crippen LogP contribution in [0.2, 0.25) is 0 Å². The molecule has 2 rings (SSSR count). The van der Waals surface area contributed by atoms with Gasteiger partial charge >= 0.3 is 0 Å². The van der Waals surface area contributed by atoms with Gasteiger partial charge in [-0.2, -0.15) is 16.1 Å². The van der Waals surface area contributed by atoms with Gasteiger partial charge in [0.2, 0.25) is 10.0 Å². The molecule has 1 aromatic rings. The Bertz CT molecular complexity index is 558. The monoisotopic (exact) mass is 300 g/mol. The van der Waals surface area contributed by atoms with Gasteiger partial charge in [-0.25, -0.2) is 8.42 Å². The predicted molar refractivity (Wildman–Crippen MR) is 80.9 cm³/mol. The van der Waals surface area contributed by atoms with E-state index < -0.39 is 10.0 Å². The molecule has 1 heterocycles. The van der Waals surface area contributed by atoms with Crippen LogP contribution in [0.15, 0.2) is 23.1 Å². The van der Waals surface area contributed by atoms with E-state index in [9.17, 15) is 8.42 Å². The predicted octanol–water partition coefficient (Wildman–Crippen LogP) is 1.96. The number of rotatable bonds is 3. The van der Waals surface area contributed by atoms with Gasteiger partial charge in [0.1, 0.15) is 0 Å². The molecule has 0 amide bonds. The van der Waals surface area contributed by atoms with E-state index in [4.69, 9.17) is 5.73 Å². The maximum Gasteiger partial charge on any atom is 0.243 e. The van der Waals surface area contributed by atoms with Gasteiger partial charge in [-0.3, -0.25) is 0 Å². The van der Waals surface area contributed by atoms with Crippen molar-refractivity contribution in [3.05, 3.63) is 23.8 Å². The Balaban J connectivity index is 2.36. The molecular formula is C13H20N2O2S2. The van der Waals surface area contributed by atoms with Crippen LogP contribution < -0.4 is 5.73 Å². The number of anilines is 1. The lowest BCUT2D eigenvalue weighted by atomic mass is 10.1. The summed E-state index contributed by atoms with van der Waals surface area (Å²) >= 11 is 1.80. The van der Waals surface area contributed by atoms with E-state index in [1.165, 1.54) is 0 Å². The van der Waals surface area contributed by atoms with Gasteiger partial charge in [0.25, 0.3) is 0 Å². The SMILES string of the molecule is CCc1ccc(S(=O)(=O)N2CCSCC2C)cc1N. The molecule has 1 aliphatic rings. The number of hydrogen-bond donors (Lipinski definition) is 1. The van der Waals surface area contributed by atoms with Gasteiger partial charge in [0.15, 0.2) is 0 Å². The third-order valence-electron chi connectivity index (χ3n) is 3.41. The van der Waals surface area contributed by atoms with E-state index in [2.05, 4.69) is 0 Å². The summed E-state index contributed by atoms with van der Waals surface area (Å²) in [5.74, 6) is 1.70. The zero-order valence-corrected chi connectivity index (χ0v) is 12.9. The van der Waals surface area contributed by atoms with Crippen LogP contribution >= 0.6 is 11.8 Å². The quantitative estimate of drug-likeness (QED) is 0.867. The van der Waals surface area contributed by atoms with Crippen LogP contribution in [0, 0.1) is 0 Å². The second-order valence-electron chi connectivity index (χ2n) is 4.75. The summed E-state index contributed by atoms with van der Waals surface area (Å²) in [6, 6.07) is 5.10. The first-order valence-corrected chi connectivity index (χ1v) is 9.04. The number of nitrogen functional groups attached to an aromatic ring is 1. The third kappa shape index (κ3) is 2.90. The molecule has 19 heavy (non-hydrogen) atoms. The molecule has 1 unspecified atom stereocenters. The van der Waals surface area contributed by atoms with Gasteiger partial charge in [-0.1, -0.05) is 13.0 Å². The second-order valence-corrected chi connectivity index (χ2v) is 7.79. The van der Waals surface area contributed by atoms with Gasteiger partial charge in [0, 0.05) is 29.8 Å². The fourth-order valence-electron chi connectivity index (χ4n) is 2.26. The highest BCUT2D eigenvalue weighted by Crippen LogP contribution is 2.26. The summed E-state index contributed by atoms with van der Waals surface area (Å²) in [5, 5.41) is 0. The molecule has 0 aromatic heterocycles. The van der Waals surface area contributed by atoms with E-state index in [1.807, 2.05) is 19.9 Å². The van der Waals surface area contributed by atoms with Crippen molar-refractivity contribution < 1.29 is 8.42 Å². The average Bonchev–Trinajstić information content (AvgIpc) is 2.39. The Morgan fingerprint density at radius 1 is 1.47 bits per heavy atom. The van der Waals surface area contributed by atoms with Crippen molar-refractivity contribution in [2.45, 2.75) is 31.2 Å². The fourth-order valence-corrected chi connectivity index (χ4v) is 5.15. The lowest BCUT2D eigenvalue weighted by Gasteiger charge is -2.32. The van der Waals surface area contributed by atoms with Crippen molar-refractivity contribution in [1.29, 1.82) is 0 Å². The highest BCUT2D eigenvalue weighted by Gasteiger charge is 2.31. The van der Waals surface area contributed by atoms with E-state index in [0.717, 1.165) is 23.5 Å². The molecule has 0 saturated carbocycles. The Hall–Kier alpha value is -0.720. The number of nitrogens with two attached hydrogens (primary N) is 1. The topological polar surface area (TPSA) is 63.4 Å². The maximum atomic E-state index is 12.6. The molecule has 0 bridgehead atoms. The third-order valence-corrected chi connectivity index (χ3v) is 6.61. The molecule has 4 nitrogen and oxygen atoms in total. The zero-order chi connectivity index (χ0) is 14.0. The first-order valence-electron chi connectivity index (χ1n) is 6.44. The van der Waals surface area contributed by atoms with E-state index in [1.54, 1.807) is 28.2 Å². The molecule has 1 fully saturated rings. The molecule has 1 atom stereocenters. The molecule has 1 aliphatic heterocycles. The number of benzene rings is 1. The molecule has 0 aliphatic carbocycles. The van der Waals surface area contributed by atoms with Crippen molar-refractivity contribution in [1.82, 2.24) is 4.31 Å². The minimum atomic E-state index is -3.42. The van der Waals surface area contributed by atoms with E-state index in [-0.39, 0.29) is 6.04 Å². The fraction of sp³-hybridized carbons (Fsp3) is 0.538. The van der Waals surface area contributed by atoms with Crippen LogP contribution in [0.4, 0.5) is 5.69 Å². The van der Waals surface area contributed by atoms with Crippen LogP contribution in [0.3, 0.4) is 0 Å². The summed E-state index contributed by atoms with van der Waals surface area (Å²) in [4.78, 5) is 0.306. The minimum Gasteiger partial charge on any atom is -0.398 e. The van der Waals surface area contributed by atoms with Crippen LogP contribution in [0.25, 0.3) is 0 Å². The Labute approximate surface area is 119 Å². The van der Waals surface area contributed by atoms with Crippen molar-refractivity contribution in [2.24, 2.45) is 0 Å². The zero-order valence-electron chi connectivity index (χ0n) is 11.3. The Morgan fingerprint density at radius 2 is 2.21 bits per heavy atom. The lowest BCUT2D eigenvalue weighted by Crippen LogP contribution is -2.44. The maximum absolute atomic E-state index is 12.6. The van der Waals surface area contributed by atoms with Gasteiger partial charge < -0.3 is 5.73 Å². The summed E-state index contributed by atoms with van der Waals surface area (Å²) in [6.07, 6.45) is 0.808. The number of hydrogen-bond acceptors (Lipinski definition) is 4. The molecule has 0 spiro atoms. The summed E-state index contributed by atoms with van der Waals surface area (Å²) < 4.78 is 26.8. The smallest absolute Gasteiger partial charge is 0.243 e. The van der Waals surface area contributed by atoms with Crippen LogP contribution in [0.5, 0.6) is 0 Å². The molecule has 106 valence electrons. The number of aryl methyl sites for hydroxylation is 1. The second kappa shape index (κ2) is 5.73. The minimum absolute atomic E-state index is 0.0378. The molecule has 2 N–H and O–H groups in total. The highest BCUT2D eigenvalue weighted by atomic mass is 32.2. The molecule has 0 radical (unpaired) electrons. The largest absolute Gasteiger partial charge is 0.398 e. The normalized spacial score (nSPS) is 21.5. The molecule has 1 aromatic carbocycles.